The molecule has 1 aliphatic carbocycles. The van der Waals surface area contributed by atoms with Crippen LogP contribution in [0.4, 0.5) is 0 Å². The SMILES string of the molecule is C[C@@H](C(=O)NCCCOC1CCCCC1)N1CCOCC1. The second-order valence-electron chi connectivity index (χ2n) is 6.10. The van der Waals surface area contributed by atoms with E-state index in [0.29, 0.717) is 12.6 Å². The summed E-state index contributed by atoms with van der Waals surface area (Å²) < 4.78 is 11.2. The molecule has 0 radical (unpaired) electrons. The first-order valence-corrected chi connectivity index (χ1v) is 8.48. The Balaban J connectivity index is 1.52. The van der Waals surface area contributed by atoms with Gasteiger partial charge in [0.05, 0.1) is 25.4 Å². The van der Waals surface area contributed by atoms with E-state index in [1.54, 1.807) is 0 Å². The average molecular weight is 298 g/mol. The van der Waals surface area contributed by atoms with E-state index in [1.165, 1.54) is 32.1 Å². The summed E-state index contributed by atoms with van der Waals surface area (Å²) in [7, 11) is 0. The first-order valence-electron chi connectivity index (χ1n) is 8.48. The number of carbonyl (C=O) groups excluding carboxylic acids is 1. The van der Waals surface area contributed by atoms with Crippen LogP contribution in [-0.2, 0) is 14.3 Å². The fourth-order valence-corrected chi connectivity index (χ4v) is 3.04. The molecule has 1 atom stereocenters. The molecule has 1 saturated heterocycles. The molecular weight excluding hydrogens is 268 g/mol. The van der Waals surface area contributed by atoms with Gasteiger partial charge >= 0.3 is 0 Å². The third kappa shape index (κ3) is 5.93. The summed E-state index contributed by atoms with van der Waals surface area (Å²) in [5, 5.41) is 3.02. The van der Waals surface area contributed by atoms with E-state index in [-0.39, 0.29) is 11.9 Å². The maximum atomic E-state index is 12.1. The normalized spacial score (nSPS) is 22.9. The zero-order chi connectivity index (χ0) is 14.9. The van der Waals surface area contributed by atoms with Gasteiger partial charge in [0, 0.05) is 26.2 Å². The van der Waals surface area contributed by atoms with E-state index in [0.717, 1.165) is 39.3 Å². The highest BCUT2D eigenvalue weighted by Gasteiger charge is 2.22. The fourth-order valence-electron chi connectivity index (χ4n) is 3.04. The van der Waals surface area contributed by atoms with Crippen molar-refractivity contribution < 1.29 is 14.3 Å². The van der Waals surface area contributed by atoms with Gasteiger partial charge in [-0.25, -0.2) is 0 Å². The maximum Gasteiger partial charge on any atom is 0.237 e. The van der Waals surface area contributed by atoms with Crippen LogP contribution in [0.1, 0.15) is 45.4 Å². The minimum Gasteiger partial charge on any atom is -0.379 e. The molecule has 1 amide bonds. The molecule has 2 aliphatic rings. The van der Waals surface area contributed by atoms with E-state index in [2.05, 4.69) is 10.2 Å². The molecule has 0 bridgehead atoms. The molecule has 2 fully saturated rings. The lowest BCUT2D eigenvalue weighted by Crippen LogP contribution is -2.49. The second-order valence-corrected chi connectivity index (χ2v) is 6.10. The van der Waals surface area contributed by atoms with E-state index in [9.17, 15) is 4.79 Å². The summed E-state index contributed by atoms with van der Waals surface area (Å²) in [5.41, 5.74) is 0. The lowest BCUT2D eigenvalue weighted by Gasteiger charge is -2.31. The number of nitrogens with zero attached hydrogens (tertiary/aromatic N) is 1. The van der Waals surface area contributed by atoms with Crippen molar-refractivity contribution in [1.82, 2.24) is 10.2 Å². The molecule has 21 heavy (non-hydrogen) atoms. The van der Waals surface area contributed by atoms with Crippen LogP contribution in [0.25, 0.3) is 0 Å². The molecule has 1 N–H and O–H groups in total. The van der Waals surface area contributed by atoms with Crippen molar-refractivity contribution in [3.63, 3.8) is 0 Å². The first kappa shape index (κ1) is 16.7. The molecule has 122 valence electrons. The number of hydrogen-bond acceptors (Lipinski definition) is 4. The minimum absolute atomic E-state index is 0.0619. The third-order valence-electron chi connectivity index (χ3n) is 4.50. The van der Waals surface area contributed by atoms with Crippen LogP contribution in [0.3, 0.4) is 0 Å². The lowest BCUT2D eigenvalue weighted by molar-refractivity contribution is -0.127. The van der Waals surface area contributed by atoms with Crippen LogP contribution in [-0.4, -0.2) is 62.4 Å². The highest BCUT2D eigenvalue weighted by molar-refractivity contribution is 5.81. The molecule has 0 unspecified atom stereocenters. The van der Waals surface area contributed by atoms with Gasteiger partial charge in [-0.05, 0) is 26.2 Å². The topological polar surface area (TPSA) is 50.8 Å². The maximum absolute atomic E-state index is 12.1. The minimum atomic E-state index is -0.0619. The highest BCUT2D eigenvalue weighted by atomic mass is 16.5. The molecule has 2 rings (SSSR count). The highest BCUT2D eigenvalue weighted by Crippen LogP contribution is 2.20. The molecular formula is C16H30N2O3. The summed E-state index contributed by atoms with van der Waals surface area (Å²) in [6.45, 7) is 6.59. The predicted octanol–water partition coefficient (Wildman–Crippen LogP) is 1.56. The van der Waals surface area contributed by atoms with Gasteiger partial charge in [-0.2, -0.15) is 0 Å². The first-order chi connectivity index (χ1) is 10.3. The number of ether oxygens (including phenoxy) is 2. The average Bonchev–Trinajstić information content (AvgIpc) is 2.55. The lowest BCUT2D eigenvalue weighted by atomic mass is 9.98. The summed E-state index contributed by atoms with van der Waals surface area (Å²) in [6, 6.07) is -0.0619. The Kier molecular flexibility index (Phi) is 7.47. The Bertz CT molecular complexity index is 300. The van der Waals surface area contributed by atoms with Crippen LogP contribution >= 0.6 is 0 Å². The van der Waals surface area contributed by atoms with Crippen LogP contribution in [0.5, 0.6) is 0 Å². The fraction of sp³-hybridized carbons (Fsp3) is 0.938. The van der Waals surface area contributed by atoms with E-state index >= 15 is 0 Å². The molecule has 0 spiro atoms. The van der Waals surface area contributed by atoms with Crippen molar-refractivity contribution >= 4 is 5.91 Å². The van der Waals surface area contributed by atoms with Crippen molar-refractivity contribution in [2.24, 2.45) is 0 Å². The van der Waals surface area contributed by atoms with Gasteiger partial charge < -0.3 is 14.8 Å². The van der Waals surface area contributed by atoms with Gasteiger partial charge in [0.15, 0.2) is 0 Å². The largest absolute Gasteiger partial charge is 0.379 e. The second kappa shape index (κ2) is 9.38. The number of rotatable bonds is 7. The summed E-state index contributed by atoms with van der Waals surface area (Å²) in [5.74, 6) is 0.120. The van der Waals surface area contributed by atoms with E-state index in [4.69, 9.17) is 9.47 Å². The number of amides is 1. The van der Waals surface area contributed by atoms with Gasteiger partial charge in [-0.1, -0.05) is 19.3 Å². The summed E-state index contributed by atoms with van der Waals surface area (Å²) in [6.07, 6.45) is 7.74. The number of morpholine rings is 1. The van der Waals surface area contributed by atoms with Crippen LogP contribution in [0, 0.1) is 0 Å². The van der Waals surface area contributed by atoms with Gasteiger partial charge in [0.2, 0.25) is 5.91 Å². The molecule has 0 aromatic carbocycles. The predicted molar refractivity (Wildman–Crippen MR) is 82.3 cm³/mol. The molecule has 1 heterocycles. The number of hydrogen-bond donors (Lipinski definition) is 1. The molecule has 1 aliphatic heterocycles. The van der Waals surface area contributed by atoms with Crippen molar-refractivity contribution in [3.8, 4) is 0 Å². The smallest absolute Gasteiger partial charge is 0.237 e. The van der Waals surface area contributed by atoms with Crippen LogP contribution in [0.2, 0.25) is 0 Å². The number of nitrogens with one attached hydrogen (secondary N) is 1. The van der Waals surface area contributed by atoms with Crippen molar-refractivity contribution in [1.29, 1.82) is 0 Å². The third-order valence-corrected chi connectivity index (χ3v) is 4.50. The molecule has 1 saturated carbocycles. The Morgan fingerprint density at radius 3 is 2.71 bits per heavy atom. The Morgan fingerprint density at radius 1 is 1.29 bits per heavy atom. The molecule has 5 heteroatoms. The molecule has 5 nitrogen and oxygen atoms in total. The Labute approximate surface area is 128 Å². The summed E-state index contributed by atoms with van der Waals surface area (Å²) in [4.78, 5) is 14.3. The van der Waals surface area contributed by atoms with Gasteiger partial charge in [-0.3, -0.25) is 9.69 Å². The van der Waals surface area contributed by atoms with E-state index < -0.39 is 0 Å². The van der Waals surface area contributed by atoms with Gasteiger partial charge in [-0.15, -0.1) is 0 Å². The van der Waals surface area contributed by atoms with E-state index in [1.807, 2.05) is 6.92 Å². The zero-order valence-electron chi connectivity index (χ0n) is 13.3. The quantitative estimate of drug-likeness (QED) is 0.725. The van der Waals surface area contributed by atoms with Crippen molar-refractivity contribution in [2.45, 2.75) is 57.6 Å². The monoisotopic (exact) mass is 298 g/mol. The standard InChI is InChI=1S/C16H30N2O3/c1-14(18-9-12-20-13-10-18)16(19)17-8-5-11-21-15-6-3-2-4-7-15/h14-15H,2-13H2,1H3,(H,17,19)/t14-/m0/s1. The van der Waals surface area contributed by atoms with Gasteiger partial charge in [0.1, 0.15) is 0 Å². The molecule has 0 aromatic rings. The van der Waals surface area contributed by atoms with Crippen LogP contribution in [0.15, 0.2) is 0 Å². The van der Waals surface area contributed by atoms with Crippen molar-refractivity contribution in [3.05, 3.63) is 0 Å². The number of carbonyl (C=O) groups is 1. The Hall–Kier alpha value is -0.650. The van der Waals surface area contributed by atoms with Crippen LogP contribution < -0.4 is 5.32 Å². The van der Waals surface area contributed by atoms with Crippen molar-refractivity contribution in [2.75, 3.05) is 39.5 Å². The summed E-state index contributed by atoms with van der Waals surface area (Å²) >= 11 is 0. The Morgan fingerprint density at radius 2 is 2.00 bits per heavy atom. The molecule has 0 aromatic heterocycles. The zero-order valence-corrected chi connectivity index (χ0v) is 13.3. The van der Waals surface area contributed by atoms with Gasteiger partial charge in [0.25, 0.3) is 0 Å².